The molecule has 39 heavy (non-hydrogen) atoms. The maximum atomic E-state index is 10.6. The molecule has 2 aliphatic rings. The summed E-state index contributed by atoms with van der Waals surface area (Å²) in [5.41, 5.74) is 3.95. The van der Waals surface area contributed by atoms with Gasteiger partial charge in [0.2, 0.25) is 0 Å². The van der Waals surface area contributed by atoms with Crippen molar-refractivity contribution in [3.05, 3.63) is 53.1 Å². The van der Waals surface area contributed by atoms with E-state index in [1.165, 1.54) is 22.6 Å². The van der Waals surface area contributed by atoms with Crippen LogP contribution in [0.15, 0.2) is 30.5 Å². The maximum Gasteiger partial charge on any atom is 0.490 e. The number of benzene rings is 1. The van der Waals surface area contributed by atoms with E-state index in [0.29, 0.717) is 0 Å². The summed E-state index contributed by atoms with van der Waals surface area (Å²) < 4.78 is 65.8. The van der Waals surface area contributed by atoms with Crippen LogP contribution in [0.25, 0.3) is 0 Å². The van der Waals surface area contributed by atoms with Crippen molar-refractivity contribution in [2.75, 3.05) is 39.8 Å². The van der Waals surface area contributed by atoms with E-state index < -0.39 is 24.3 Å². The summed E-state index contributed by atoms with van der Waals surface area (Å²) in [5, 5.41) is 14.2. The molecule has 15 heteroatoms. The summed E-state index contributed by atoms with van der Waals surface area (Å²) in [7, 11) is 2.20. The first-order valence-corrected chi connectivity index (χ1v) is 11.9. The van der Waals surface area contributed by atoms with Crippen molar-refractivity contribution >= 4 is 11.9 Å². The molecular weight excluding hydrogens is 536 g/mol. The number of aliphatic carboxylic acids is 2. The minimum atomic E-state index is -5.08. The van der Waals surface area contributed by atoms with Crippen LogP contribution in [0.4, 0.5) is 26.3 Å². The fraction of sp³-hybridized carbons (Fsp3) is 0.542. The van der Waals surface area contributed by atoms with E-state index in [0.717, 1.165) is 58.9 Å². The number of aryl methyl sites for hydroxylation is 1. The Morgan fingerprint density at radius 2 is 1.31 bits per heavy atom. The Hall–Kier alpha value is -3.17. The fourth-order valence-electron chi connectivity index (χ4n) is 3.76. The van der Waals surface area contributed by atoms with Crippen LogP contribution in [0, 0.1) is 6.92 Å². The molecule has 2 aliphatic heterocycles. The summed E-state index contributed by atoms with van der Waals surface area (Å²) in [6.45, 7) is 11.9. The minimum absolute atomic E-state index is 0.955. The van der Waals surface area contributed by atoms with Crippen molar-refractivity contribution in [1.82, 2.24) is 24.3 Å². The third-order valence-electron chi connectivity index (χ3n) is 5.92. The molecule has 2 aromatic rings. The molecule has 4 rings (SSSR count). The average molecular weight is 568 g/mol. The standard InChI is InChI=1S/C20H29N5.2C2HF3O2/c1-17-3-5-18(6-4-17)13-24-11-12-25-15-19(21-20(25)16-24)14-23-9-7-22(2)8-10-23;2*3-2(4,5)1(6)7/h3-6,15H,7-14,16H2,1-2H3;2*(H,6,7). The van der Waals surface area contributed by atoms with E-state index in [-0.39, 0.29) is 0 Å². The van der Waals surface area contributed by atoms with Crippen LogP contribution in [0.2, 0.25) is 0 Å². The Labute approximate surface area is 221 Å². The van der Waals surface area contributed by atoms with Crippen LogP contribution >= 0.6 is 0 Å². The molecule has 1 saturated heterocycles. The lowest BCUT2D eigenvalue weighted by Crippen LogP contribution is -2.43. The normalized spacial score (nSPS) is 16.8. The van der Waals surface area contributed by atoms with Gasteiger partial charge in [0.1, 0.15) is 5.82 Å². The molecule has 0 saturated carbocycles. The van der Waals surface area contributed by atoms with Crippen molar-refractivity contribution in [3.8, 4) is 0 Å². The monoisotopic (exact) mass is 567 g/mol. The van der Waals surface area contributed by atoms with Gasteiger partial charge in [-0.3, -0.25) is 9.80 Å². The van der Waals surface area contributed by atoms with Crippen molar-refractivity contribution < 1.29 is 46.1 Å². The van der Waals surface area contributed by atoms with E-state index in [1.54, 1.807) is 0 Å². The summed E-state index contributed by atoms with van der Waals surface area (Å²) in [6, 6.07) is 8.90. The number of aromatic nitrogens is 2. The predicted octanol–water partition coefficient (Wildman–Crippen LogP) is 3.22. The number of nitrogens with zero attached hydrogens (tertiary/aromatic N) is 5. The zero-order valence-electron chi connectivity index (χ0n) is 21.5. The van der Waals surface area contributed by atoms with Gasteiger partial charge in [0, 0.05) is 58.6 Å². The van der Waals surface area contributed by atoms with Gasteiger partial charge in [-0.2, -0.15) is 26.3 Å². The number of carbonyl (C=O) groups is 2. The molecule has 218 valence electrons. The molecule has 0 amide bonds. The second kappa shape index (κ2) is 13.8. The first-order chi connectivity index (χ1) is 18.0. The molecule has 1 fully saturated rings. The Balaban J connectivity index is 0.000000317. The Bertz CT molecular complexity index is 1060. The lowest BCUT2D eigenvalue weighted by atomic mass is 10.1. The van der Waals surface area contributed by atoms with Gasteiger partial charge in [-0.25, -0.2) is 14.6 Å². The zero-order valence-corrected chi connectivity index (χ0v) is 21.5. The third-order valence-corrected chi connectivity index (χ3v) is 5.92. The Kier molecular flexibility index (Phi) is 11.3. The number of likely N-dealkylation sites (N-methyl/N-ethyl adjacent to an activating group) is 1. The number of carboxylic acid groups (broad SMARTS) is 2. The summed E-state index contributed by atoms with van der Waals surface area (Å²) in [4.78, 5) is 30.2. The molecule has 3 heterocycles. The number of halogens is 6. The third kappa shape index (κ3) is 11.2. The minimum Gasteiger partial charge on any atom is -0.475 e. The number of fused-ring (bicyclic) bond motifs is 1. The lowest BCUT2D eigenvalue weighted by Gasteiger charge is -2.31. The molecule has 1 aromatic carbocycles. The number of alkyl halides is 6. The molecule has 0 bridgehead atoms. The van der Waals surface area contributed by atoms with Gasteiger partial charge >= 0.3 is 24.3 Å². The number of piperazine rings is 1. The van der Waals surface area contributed by atoms with Gasteiger partial charge in [-0.15, -0.1) is 0 Å². The topological polar surface area (TPSA) is 102 Å². The smallest absolute Gasteiger partial charge is 0.475 e. The van der Waals surface area contributed by atoms with Crippen LogP contribution in [0.5, 0.6) is 0 Å². The van der Waals surface area contributed by atoms with Crippen LogP contribution in [0.1, 0.15) is 22.6 Å². The summed E-state index contributed by atoms with van der Waals surface area (Å²) in [5.74, 6) is -4.29. The fourth-order valence-corrected chi connectivity index (χ4v) is 3.76. The molecule has 2 N–H and O–H groups in total. The number of carboxylic acids is 2. The first kappa shape index (κ1) is 32.0. The van der Waals surface area contributed by atoms with E-state index >= 15 is 0 Å². The highest BCUT2D eigenvalue weighted by Crippen LogP contribution is 2.18. The second-order valence-electron chi connectivity index (χ2n) is 9.22. The van der Waals surface area contributed by atoms with E-state index in [9.17, 15) is 26.3 Å². The van der Waals surface area contributed by atoms with Gasteiger partial charge in [0.15, 0.2) is 0 Å². The SMILES string of the molecule is Cc1ccc(CN2CCn3cc(CN4CCN(C)CC4)nc3C2)cc1.O=C(O)C(F)(F)F.O=C(O)C(F)(F)F. The van der Waals surface area contributed by atoms with Crippen molar-refractivity contribution in [3.63, 3.8) is 0 Å². The van der Waals surface area contributed by atoms with Crippen molar-refractivity contribution in [1.29, 1.82) is 0 Å². The summed E-state index contributed by atoms with van der Waals surface area (Å²) in [6.07, 6.45) is -7.89. The average Bonchev–Trinajstić information content (AvgIpc) is 3.23. The van der Waals surface area contributed by atoms with Gasteiger partial charge < -0.3 is 19.7 Å². The number of hydrogen-bond donors (Lipinski definition) is 2. The predicted molar refractivity (Wildman–Crippen MR) is 128 cm³/mol. The van der Waals surface area contributed by atoms with Crippen LogP contribution < -0.4 is 0 Å². The molecular formula is C24H31F6N5O4. The molecule has 9 nitrogen and oxygen atoms in total. The number of hydrogen-bond acceptors (Lipinski definition) is 6. The van der Waals surface area contributed by atoms with Crippen LogP contribution in [-0.4, -0.2) is 98.5 Å². The van der Waals surface area contributed by atoms with Crippen LogP contribution in [0.3, 0.4) is 0 Å². The largest absolute Gasteiger partial charge is 0.490 e. The molecule has 0 unspecified atom stereocenters. The van der Waals surface area contributed by atoms with Gasteiger partial charge in [-0.05, 0) is 19.5 Å². The van der Waals surface area contributed by atoms with Crippen LogP contribution in [-0.2, 0) is 35.8 Å². The molecule has 0 aliphatic carbocycles. The second-order valence-corrected chi connectivity index (χ2v) is 9.22. The number of rotatable bonds is 4. The zero-order chi connectivity index (χ0) is 29.4. The summed E-state index contributed by atoms with van der Waals surface area (Å²) >= 11 is 0. The van der Waals surface area contributed by atoms with Crippen molar-refractivity contribution in [2.45, 2.75) is 45.5 Å². The Morgan fingerprint density at radius 3 is 1.79 bits per heavy atom. The lowest BCUT2D eigenvalue weighted by molar-refractivity contribution is -0.193. The van der Waals surface area contributed by atoms with E-state index in [1.807, 2.05) is 0 Å². The van der Waals surface area contributed by atoms with Gasteiger partial charge in [0.05, 0.1) is 12.2 Å². The highest BCUT2D eigenvalue weighted by Gasteiger charge is 2.38. The first-order valence-electron chi connectivity index (χ1n) is 11.9. The van der Waals surface area contributed by atoms with Gasteiger partial charge in [-0.1, -0.05) is 29.8 Å². The molecule has 0 atom stereocenters. The van der Waals surface area contributed by atoms with Crippen molar-refractivity contribution in [2.24, 2.45) is 0 Å². The highest BCUT2D eigenvalue weighted by molar-refractivity contribution is 5.73. The Morgan fingerprint density at radius 1 is 0.821 bits per heavy atom. The van der Waals surface area contributed by atoms with E-state index in [4.69, 9.17) is 24.8 Å². The maximum absolute atomic E-state index is 10.6. The highest BCUT2D eigenvalue weighted by atomic mass is 19.4. The molecule has 1 aromatic heterocycles. The molecule has 0 spiro atoms. The molecule has 0 radical (unpaired) electrons. The number of imidazole rings is 1. The van der Waals surface area contributed by atoms with E-state index in [2.05, 4.69) is 63.7 Å². The quantitative estimate of drug-likeness (QED) is 0.544. The van der Waals surface area contributed by atoms with Gasteiger partial charge in [0.25, 0.3) is 0 Å².